The van der Waals surface area contributed by atoms with Gasteiger partial charge in [-0.3, -0.25) is 9.59 Å². The zero-order valence-electron chi connectivity index (χ0n) is 16.2. The summed E-state index contributed by atoms with van der Waals surface area (Å²) in [5.41, 5.74) is 2.82. The SMILES string of the molecule is CCNC(=O)C(CC)N(Cc1ccc(F)cc1)C(=O)Cc1ccc(C)cc1. The molecule has 1 atom stereocenters. The fourth-order valence-electron chi connectivity index (χ4n) is 2.98. The van der Waals surface area contributed by atoms with Crippen LogP contribution in [0.4, 0.5) is 4.39 Å². The number of carbonyl (C=O) groups is 2. The summed E-state index contributed by atoms with van der Waals surface area (Å²) in [7, 11) is 0. The number of likely N-dealkylation sites (N-methyl/N-ethyl adjacent to an activating group) is 1. The molecule has 27 heavy (non-hydrogen) atoms. The van der Waals surface area contributed by atoms with Gasteiger partial charge >= 0.3 is 0 Å². The second-order valence-corrected chi connectivity index (χ2v) is 6.63. The normalized spacial score (nSPS) is 11.7. The van der Waals surface area contributed by atoms with Gasteiger partial charge in [-0.25, -0.2) is 4.39 Å². The fraction of sp³-hybridized carbons (Fsp3) is 0.364. The maximum atomic E-state index is 13.2. The summed E-state index contributed by atoms with van der Waals surface area (Å²) in [4.78, 5) is 27.1. The lowest BCUT2D eigenvalue weighted by atomic mass is 10.1. The zero-order chi connectivity index (χ0) is 19.8. The van der Waals surface area contributed by atoms with Crippen molar-refractivity contribution in [2.24, 2.45) is 0 Å². The molecule has 2 rings (SSSR count). The van der Waals surface area contributed by atoms with Crippen molar-refractivity contribution < 1.29 is 14.0 Å². The molecule has 0 saturated carbocycles. The highest BCUT2D eigenvalue weighted by Crippen LogP contribution is 2.15. The highest BCUT2D eigenvalue weighted by Gasteiger charge is 2.28. The van der Waals surface area contributed by atoms with Crippen molar-refractivity contribution in [3.63, 3.8) is 0 Å². The predicted octanol–water partition coefficient (Wildman–Crippen LogP) is 3.62. The van der Waals surface area contributed by atoms with Crippen LogP contribution in [0.1, 0.15) is 37.0 Å². The third kappa shape index (κ3) is 5.91. The van der Waals surface area contributed by atoms with Gasteiger partial charge in [0.1, 0.15) is 11.9 Å². The Labute approximate surface area is 160 Å². The lowest BCUT2D eigenvalue weighted by Crippen LogP contribution is -2.49. The first-order chi connectivity index (χ1) is 12.9. The monoisotopic (exact) mass is 370 g/mol. The molecular formula is C22H27FN2O2. The van der Waals surface area contributed by atoms with E-state index in [1.165, 1.54) is 12.1 Å². The molecule has 1 unspecified atom stereocenters. The number of amides is 2. The van der Waals surface area contributed by atoms with Gasteiger partial charge < -0.3 is 10.2 Å². The molecular weight excluding hydrogens is 343 g/mol. The largest absolute Gasteiger partial charge is 0.355 e. The van der Waals surface area contributed by atoms with Crippen molar-refractivity contribution in [2.75, 3.05) is 6.54 Å². The lowest BCUT2D eigenvalue weighted by molar-refractivity contribution is -0.140. The van der Waals surface area contributed by atoms with Crippen LogP contribution in [-0.4, -0.2) is 29.3 Å². The average Bonchev–Trinajstić information content (AvgIpc) is 2.65. The third-order valence-corrected chi connectivity index (χ3v) is 4.48. The van der Waals surface area contributed by atoms with Crippen molar-refractivity contribution in [3.05, 3.63) is 71.0 Å². The third-order valence-electron chi connectivity index (χ3n) is 4.48. The van der Waals surface area contributed by atoms with Crippen LogP contribution in [0.5, 0.6) is 0 Å². The zero-order valence-corrected chi connectivity index (χ0v) is 16.2. The molecule has 0 aliphatic rings. The molecule has 1 N–H and O–H groups in total. The highest BCUT2D eigenvalue weighted by atomic mass is 19.1. The number of nitrogens with zero attached hydrogens (tertiary/aromatic N) is 1. The van der Waals surface area contributed by atoms with E-state index in [-0.39, 0.29) is 30.6 Å². The quantitative estimate of drug-likeness (QED) is 0.772. The van der Waals surface area contributed by atoms with Gasteiger partial charge in [0.25, 0.3) is 0 Å². The molecule has 0 spiro atoms. The van der Waals surface area contributed by atoms with Gasteiger partial charge in [-0.05, 0) is 43.5 Å². The molecule has 0 saturated heterocycles. The Morgan fingerprint density at radius 3 is 2.15 bits per heavy atom. The van der Waals surface area contributed by atoms with Crippen LogP contribution in [0.15, 0.2) is 48.5 Å². The number of benzene rings is 2. The number of rotatable bonds is 8. The minimum atomic E-state index is -0.562. The van der Waals surface area contributed by atoms with Gasteiger partial charge in [-0.15, -0.1) is 0 Å². The van der Waals surface area contributed by atoms with Crippen LogP contribution in [0.25, 0.3) is 0 Å². The van der Waals surface area contributed by atoms with Gasteiger partial charge in [-0.1, -0.05) is 48.9 Å². The minimum Gasteiger partial charge on any atom is -0.355 e. The molecule has 2 aromatic rings. The van der Waals surface area contributed by atoms with Crippen molar-refractivity contribution in [2.45, 2.75) is 46.2 Å². The molecule has 2 aromatic carbocycles. The summed E-state index contributed by atoms with van der Waals surface area (Å²) >= 11 is 0. The van der Waals surface area contributed by atoms with Crippen molar-refractivity contribution in [1.82, 2.24) is 10.2 Å². The predicted molar refractivity (Wildman–Crippen MR) is 105 cm³/mol. The van der Waals surface area contributed by atoms with Crippen LogP contribution in [0, 0.1) is 12.7 Å². The van der Waals surface area contributed by atoms with Crippen molar-refractivity contribution in [1.29, 1.82) is 0 Å². The van der Waals surface area contributed by atoms with E-state index in [1.807, 2.05) is 45.0 Å². The molecule has 4 nitrogen and oxygen atoms in total. The average molecular weight is 370 g/mol. The van der Waals surface area contributed by atoms with Crippen LogP contribution in [0.3, 0.4) is 0 Å². The summed E-state index contributed by atoms with van der Waals surface area (Å²) in [5, 5.41) is 2.81. The number of hydrogen-bond acceptors (Lipinski definition) is 2. The molecule has 144 valence electrons. The van der Waals surface area contributed by atoms with Gasteiger partial charge in [0.2, 0.25) is 11.8 Å². The fourth-order valence-corrected chi connectivity index (χ4v) is 2.98. The topological polar surface area (TPSA) is 49.4 Å². The van der Waals surface area contributed by atoms with E-state index in [0.29, 0.717) is 13.0 Å². The Morgan fingerprint density at radius 1 is 1.00 bits per heavy atom. The molecule has 0 aliphatic carbocycles. The van der Waals surface area contributed by atoms with Crippen LogP contribution in [0.2, 0.25) is 0 Å². The van der Waals surface area contributed by atoms with Crippen LogP contribution >= 0.6 is 0 Å². The molecule has 0 aromatic heterocycles. The van der Waals surface area contributed by atoms with E-state index < -0.39 is 6.04 Å². The molecule has 0 aliphatic heterocycles. The maximum absolute atomic E-state index is 13.2. The number of nitrogens with one attached hydrogen (secondary N) is 1. The van der Waals surface area contributed by atoms with Gasteiger partial charge in [0.15, 0.2) is 0 Å². The minimum absolute atomic E-state index is 0.124. The summed E-state index contributed by atoms with van der Waals surface area (Å²) < 4.78 is 13.2. The Hall–Kier alpha value is -2.69. The number of hydrogen-bond donors (Lipinski definition) is 1. The second kappa shape index (κ2) is 9.86. The summed E-state index contributed by atoms with van der Waals surface area (Å²) in [6.07, 6.45) is 0.726. The van der Waals surface area contributed by atoms with Crippen LogP contribution in [-0.2, 0) is 22.6 Å². The van der Waals surface area contributed by atoms with Crippen molar-refractivity contribution in [3.8, 4) is 0 Å². The van der Waals surface area contributed by atoms with Gasteiger partial charge in [-0.2, -0.15) is 0 Å². The summed E-state index contributed by atoms with van der Waals surface area (Å²) in [6, 6.07) is 13.2. The molecule has 0 fully saturated rings. The van der Waals surface area contributed by atoms with E-state index in [9.17, 15) is 14.0 Å². The van der Waals surface area contributed by atoms with Crippen molar-refractivity contribution >= 4 is 11.8 Å². The highest BCUT2D eigenvalue weighted by molar-refractivity contribution is 5.88. The van der Waals surface area contributed by atoms with E-state index in [4.69, 9.17) is 0 Å². The van der Waals surface area contributed by atoms with Gasteiger partial charge in [0, 0.05) is 13.1 Å². The number of halogens is 1. The molecule has 2 amide bonds. The Balaban J connectivity index is 2.25. The van der Waals surface area contributed by atoms with Gasteiger partial charge in [0.05, 0.1) is 6.42 Å². The van der Waals surface area contributed by atoms with E-state index in [2.05, 4.69) is 5.32 Å². The van der Waals surface area contributed by atoms with Crippen LogP contribution < -0.4 is 5.32 Å². The molecule has 0 radical (unpaired) electrons. The first kappa shape index (κ1) is 20.6. The van der Waals surface area contributed by atoms with E-state index in [0.717, 1.165) is 16.7 Å². The molecule has 0 bridgehead atoms. The maximum Gasteiger partial charge on any atom is 0.242 e. The first-order valence-electron chi connectivity index (χ1n) is 9.31. The summed E-state index contributed by atoms with van der Waals surface area (Å²) in [5.74, 6) is -0.618. The molecule has 5 heteroatoms. The Kier molecular flexibility index (Phi) is 7.53. The first-order valence-corrected chi connectivity index (χ1v) is 9.31. The number of carbonyl (C=O) groups excluding carboxylic acids is 2. The van der Waals surface area contributed by atoms with E-state index in [1.54, 1.807) is 17.0 Å². The second-order valence-electron chi connectivity index (χ2n) is 6.63. The molecule has 0 heterocycles. The lowest BCUT2D eigenvalue weighted by Gasteiger charge is -2.30. The Bertz CT molecular complexity index is 757. The number of aryl methyl sites for hydroxylation is 1. The standard InChI is InChI=1S/C22H27FN2O2/c1-4-20(22(27)24-5-2)25(15-18-10-12-19(23)13-11-18)21(26)14-17-8-6-16(3)7-9-17/h6-13,20H,4-5,14-15H2,1-3H3,(H,24,27). The smallest absolute Gasteiger partial charge is 0.242 e. The summed E-state index contributed by atoms with van der Waals surface area (Å²) in [6.45, 7) is 6.50. The Morgan fingerprint density at radius 2 is 1.59 bits per heavy atom. The van der Waals surface area contributed by atoms with E-state index >= 15 is 0 Å².